The molecule has 0 aliphatic carbocycles. The van der Waals surface area contributed by atoms with Crippen molar-refractivity contribution in [3.05, 3.63) is 29.8 Å². The Balaban J connectivity index is 2.36. The molecule has 2 rings (SSSR count). The van der Waals surface area contributed by atoms with Crippen LogP contribution >= 0.6 is 0 Å². The molecule has 0 bridgehead atoms. The fourth-order valence-electron chi connectivity index (χ4n) is 1.96. The Morgan fingerprint density at radius 2 is 1.94 bits per heavy atom. The van der Waals surface area contributed by atoms with Gasteiger partial charge >= 0.3 is 0 Å². The molecule has 1 aromatic carbocycles. The van der Waals surface area contributed by atoms with Crippen molar-refractivity contribution in [1.82, 2.24) is 5.32 Å². The Bertz CT molecular complexity index is 545. The van der Waals surface area contributed by atoms with Gasteiger partial charge in [-0.1, -0.05) is 12.1 Å². The molecule has 1 aliphatic heterocycles. The number of nitrogen functional groups attached to an aromatic ring is 1. The normalized spacial score (nSPS) is 20.9. The highest BCUT2D eigenvalue weighted by Gasteiger charge is 2.42. The van der Waals surface area contributed by atoms with Crippen molar-refractivity contribution in [2.45, 2.75) is 17.7 Å². The summed E-state index contributed by atoms with van der Waals surface area (Å²) in [6.45, 7) is 0. The van der Waals surface area contributed by atoms with Crippen molar-refractivity contribution in [2.75, 3.05) is 12.8 Å². The van der Waals surface area contributed by atoms with E-state index in [1.165, 1.54) is 0 Å². The zero-order chi connectivity index (χ0) is 13.3. The van der Waals surface area contributed by atoms with Gasteiger partial charge < -0.3 is 11.1 Å². The number of carbonyl (C=O) groups is 1. The summed E-state index contributed by atoms with van der Waals surface area (Å²) in [4.78, 5) is 10.9. The highest BCUT2D eigenvalue weighted by molar-refractivity contribution is 7.87. The van der Waals surface area contributed by atoms with Crippen LogP contribution in [0.5, 0.6) is 0 Å². The highest BCUT2D eigenvalue weighted by atomic mass is 32.2. The summed E-state index contributed by atoms with van der Waals surface area (Å²) in [5.41, 5.74) is 6.66. The largest absolute Gasteiger partial charge is 0.399 e. The standard InChI is InChI=1S/C11H14N2O4S/c1-17-18(15,16)11(9-6-10(14)13-9)7-2-4-8(12)5-3-7/h2-5,9,11H,6,12H2,1H3,(H,13,14). The van der Waals surface area contributed by atoms with Gasteiger partial charge in [0.1, 0.15) is 5.25 Å². The molecular weight excluding hydrogens is 256 g/mol. The predicted octanol–water partition coefficient (Wildman–Crippen LogP) is 0.175. The quantitative estimate of drug-likeness (QED) is 0.462. The van der Waals surface area contributed by atoms with E-state index in [4.69, 9.17) is 5.73 Å². The Morgan fingerprint density at radius 3 is 2.39 bits per heavy atom. The zero-order valence-electron chi connectivity index (χ0n) is 9.79. The average molecular weight is 270 g/mol. The SMILES string of the molecule is COS(=O)(=O)C(c1ccc(N)cc1)C1CC(=O)N1. The second-order valence-corrected chi connectivity index (χ2v) is 5.95. The van der Waals surface area contributed by atoms with Crippen molar-refractivity contribution in [3.8, 4) is 0 Å². The number of benzene rings is 1. The number of rotatable bonds is 4. The van der Waals surface area contributed by atoms with Gasteiger partial charge in [0.25, 0.3) is 10.1 Å². The maximum atomic E-state index is 11.9. The minimum atomic E-state index is -3.77. The molecule has 0 saturated carbocycles. The van der Waals surface area contributed by atoms with Crippen molar-refractivity contribution >= 4 is 21.7 Å². The number of β-lactam (4-membered cyclic amide) rings is 1. The van der Waals surface area contributed by atoms with Gasteiger partial charge in [0, 0.05) is 12.1 Å². The first-order chi connectivity index (χ1) is 8.44. The van der Waals surface area contributed by atoms with Crippen LogP contribution in [0.4, 0.5) is 5.69 Å². The number of hydrogen-bond acceptors (Lipinski definition) is 5. The summed E-state index contributed by atoms with van der Waals surface area (Å²) in [7, 11) is -2.65. The van der Waals surface area contributed by atoms with Crippen LogP contribution in [0, 0.1) is 0 Å². The third-order valence-corrected chi connectivity index (χ3v) is 4.61. The van der Waals surface area contributed by atoms with Crippen molar-refractivity contribution in [1.29, 1.82) is 0 Å². The first kappa shape index (κ1) is 12.8. The molecule has 98 valence electrons. The van der Waals surface area contributed by atoms with Crippen LogP contribution in [0.1, 0.15) is 17.2 Å². The Morgan fingerprint density at radius 1 is 1.39 bits per heavy atom. The third-order valence-electron chi connectivity index (χ3n) is 2.93. The van der Waals surface area contributed by atoms with Gasteiger partial charge in [0.05, 0.1) is 13.2 Å². The molecule has 2 unspecified atom stereocenters. The van der Waals surface area contributed by atoms with Crippen LogP contribution in [0.15, 0.2) is 24.3 Å². The first-order valence-corrected chi connectivity index (χ1v) is 6.85. The minimum absolute atomic E-state index is 0.160. The van der Waals surface area contributed by atoms with E-state index in [9.17, 15) is 13.2 Å². The lowest BCUT2D eigenvalue weighted by atomic mass is 9.97. The van der Waals surface area contributed by atoms with Gasteiger partial charge in [-0.25, -0.2) is 0 Å². The number of anilines is 1. The van der Waals surface area contributed by atoms with Crippen LogP contribution in [0.2, 0.25) is 0 Å². The molecule has 0 spiro atoms. The molecule has 0 aromatic heterocycles. The van der Waals surface area contributed by atoms with Crippen LogP contribution < -0.4 is 11.1 Å². The van der Waals surface area contributed by atoms with E-state index < -0.39 is 21.4 Å². The van der Waals surface area contributed by atoms with E-state index in [2.05, 4.69) is 9.50 Å². The maximum Gasteiger partial charge on any atom is 0.276 e. The van der Waals surface area contributed by atoms with E-state index in [0.717, 1.165) is 7.11 Å². The van der Waals surface area contributed by atoms with Gasteiger partial charge in [-0.2, -0.15) is 8.42 Å². The molecular formula is C11H14N2O4S. The molecule has 7 heteroatoms. The number of nitrogens with one attached hydrogen (secondary N) is 1. The summed E-state index contributed by atoms with van der Waals surface area (Å²) in [6.07, 6.45) is 0.178. The maximum absolute atomic E-state index is 11.9. The van der Waals surface area contributed by atoms with Gasteiger partial charge in [0.15, 0.2) is 0 Å². The second kappa shape index (κ2) is 4.58. The summed E-state index contributed by atoms with van der Waals surface area (Å²) in [5.74, 6) is -0.160. The number of amides is 1. The minimum Gasteiger partial charge on any atom is -0.399 e. The summed E-state index contributed by atoms with van der Waals surface area (Å²) in [5, 5.41) is 1.66. The molecule has 1 heterocycles. The molecule has 1 saturated heterocycles. The lowest BCUT2D eigenvalue weighted by Crippen LogP contribution is -2.53. The molecule has 18 heavy (non-hydrogen) atoms. The Kier molecular flexibility index (Phi) is 3.27. The fourth-order valence-corrected chi connectivity index (χ4v) is 3.22. The third kappa shape index (κ3) is 2.32. The average Bonchev–Trinajstić information content (AvgIpc) is 2.29. The predicted molar refractivity (Wildman–Crippen MR) is 66.1 cm³/mol. The number of nitrogens with two attached hydrogens (primary N) is 1. The van der Waals surface area contributed by atoms with E-state index >= 15 is 0 Å². The molecule has 1 aromatic rings. The second-order valence-electron chi connectivity index (χ2n) is 4.12. The topological polar surface area (TPSA) is 98.5 Å². The molecule has 3 N–H and O–H groups in total. The number of carbonyl (C=O) groups excluding carboxylic acids is 1. The molecule has 1 amide bonds. The van der Waals surface area contributed by atoms with Gasteiger partial charge in [0.2, 0.25) is 5.91 Å². The summed E-state index contributed by atoms with van der Waals surface area (Å²) >= 11 is 0. The van der Waals surface area contributed by atoms with Gasteiger partial charge in [-0.05, 0) is 17.7 Å². The van der Waals surface area contributed by atoms with Crippen LogP contribution in [-0.2, 0) is 19.1 Å². The van der Waals surface area contributed by atoms with Crippen molar-refractivity contribution in [2.24, 2.45) is 0 Å². The summed E-state index contributed by atoms with van der Waals surface area (Å²) < 4.78 is 28.4. The van der Waals surface area contributed by atoms with Crippen LogP contribution in [0.25, 0.3) is 0 Å². The first-order valence-electron chi connectivity index (χ1n) is 5.38. The zero-order valence-corrected chi connectivity index (χ0v) is 10.6. The van der Waals surface area contributed by atoms with Gasteiger partial charge in [-0.15, -0.1) is 0 Å². The number of hydrogen-bond donors (Lipinski definition) is 2. The van der Waals surface area contributed by atoms with E-state index in [0.29, 0.717) is 11.3 Å². The molecule has 2 atom stereocenters. The fraction of sp³-hybridized carbons (Fsp3) is 0.364. The molecule has 6 nitrogen and oxygen atoms in total. The lowest BCUT2D eigenvalue weighted by molar-refractivity contribution is -0.128. The molecule has 0 radical (unpaired) electrons. The highest BCUT2D eigenvalue weighted by Crippen LogP contribution is 2.32. The van der Waals surface area contributed by atoms with E-state index in [1.807, 2.05) is 0 Å². The van der Waals surface area contributed by atoms with Crippen molar-refractivity contribution < 1.29 is 17.4 Å². The van der Waals surface area contributed by atoms with Crippen molar-refractivity contribution in [3.63, 3.8) is 0 Å². The van der Waals surface area contributed by atoms with E-state index in [1.54, 1.807) is 24.3 Å². The van der Waals surface area contributed by atoms with Crippen LogP contribution in [0.3, 0.4) is 0 Å². The smallest absolute Gasteiger partial charge is 0.276 e. The Hall–Kier alpha value is -1.60. The Labute approximate surface area is 105 Å². The van der Waals surface area contributed by atoms with Gasteiger partial charge in [-0.3, -0.25) is 8.98 Å². The summed E-state index contributed by atoms with van der Waals surface area (Å²) in [6, 6.07) is 6.04. The molecule has 1 fully saturated rings. The molecule has 1 aliphatic rings. The monoisotopic (exact) mass is 270 g/mol. The van der Waals surface area contributed by atoms with Crippen LogP contribution in [-0.4, -0.2) is 27.5 Å². The lowest BCUT2D eigenvalue weighted by Gasteiger charge is -2.33. The van der Waals surface area contributed by atoms with E-state index in [-0.39, 0.29) is 12.3 Å².